The summed E-state index contributed by atoms with van der Waals surface area (Å²) < 4.78 is 5.70. The molecule has 3 heteroatoms. The molecule has 0 saturated heterocycles. The van der Waals surface area contributed by atoms with Crippen molar-refractivity contribution in [1.82, 2.24) is 4.90 Å². The minimum atomic E-state index is 0.450. The van der Waals surface area contributed by atoms with Crippen LogP contribution in [0.5, 0.6) is 5.75 Å². The molecule has 0 fully saturated rings. The molecule has 2 nitrogen and oxygen atoms in total. The summed E-state index contributed by atoms with van der Waals surface area (Å²) >= 11 is 5.80. The molecule has 1 aromatic rings. The normalized spacial score (nSPS) is 12.8. The SMILES string of the molecule is CCC([CH]N(C)C)COc1ccc(Cl)cc1. The first-order chi connectivity index (χ1) is 7.61. The molecule has 0 bridgehead atoms. The Hall–Kier alpha value is -0.730. The first kappa shape index (κ1) is 13.3. The van der Waals surface area contributed by atoms with Gasteiger partial charge in [0.25, 0.3) is 0 Å². The number of hydrogen-bond acceptors (Lipinski definition) is 2. The van der Waals surface area contributed by atoms with Crippen LogP contribution in [0.4, 0.5) is 0 Å². The average molecular weight is 241 g/mol. The molecule has 0 heterocycles. The third-order valence-corrected chi connectivity index (χ3v) is 2.56. The van der Waals surface area contributed by atoms with Crippen LogP contribution in [0.25, 0.3) is 0 Å². The van der Waals surface area contributed by atoms with E-state index in [1.807, 2.05) is 38.4 Å². The summed E-state index contributed by atoms with van der Waals surface area (Å²) in [5.41, 5.74) is 0. The minimum Gasteiger partial charge on any atom is -0.493 e. The van der Waals surface area contributed by atoms with E-state index in [1.165, 1.54) is 0 Å². The quantitative estimate of drug-likeness (QED) is 0.755. The monoisotopic (exact) mass is 240 g/mol. The van der Waals surface area contributed by atoms with Crippen LogP contribution in [-0.2, 0) is 0 Å². The summed E-state index contributed by atoms with van der Waals surface area (Å²) in [6, 6.07) is 7.47. The highest BCUT2D eigenvalue weighted by Crippen LogP contribution is 2.17. The number of ether oxygens (including phenoxy) is 1. The highest BCUT2D eigenvalue weighted by atomic mass is 35.5. The van der Waals surface area contributed by atoms with Crippen molar-refractivity contribution in [2.24, 2.45) is 5.92 Å². The standard InChI is InChI=1S/C13H19ClNO/c1-4-11(9-15(2)3)10-16-13-7-5-12(14)6-8-13/h5-9,11H,4,10H2,1-3H3. The Labute approximate surface area is 103 Å². The number of halogens is 1. The van der Waals surface area contributed by atoms with Gasteiger partial charge in [0.2, 0.25) is 0 Å². The van der Waals surface area contributed by atoms with Gasteiger partial charge in [0.1, 0.15) is 5.75 Å². The maximum atomic E-state index is 5.80. The molecule has 0 saturated carbocycles. The average Bonchev–Trinajstić information content (AvgIpc) is 2.26. The second kappa shape index (κ2) is 6.77. The third-order valence-electron chi connectivity index (χ3n) is 2.31. The summed E-state index contributed by atoms with van der Waals surface area (Å²) in [5, 5.41) is 0.735. The van der Waals surface area contributed by atoms with E-state index < -0.39 is 0 Å². The van der Waals surface area contributed by atoms with Crippen LogP contribution in [0.3, 0.4) is 0 Å². The fraction of sp³-hybridized carbons (Fsp3) is 0.462. The minimum absolute atomic E-state index is 0.450. The summed E-state index contributed by atoms with van der Waals surface area (Å²) in [5.74, 6) is 1.32. The van der Waals surface area contributed by atoms with E-state index in [9.17, 15) is 0 Å². The van der Waals surface area contributed by atoms with Crippen LogP contribution < -0.4 is 4.74 Å². The van der Waals surface area contributed by atoms with Gasteiger partial charge in [0.15, 0.2) is 0 Å². The lowest BCUT2D eigenvalue weighted by atomic mass is 10.1. The topological polar surface area (TPSA) is 12.5 Å². The summed E-state index contributed by atoms with van der Waals surface area (Å²) in [6.45, 7) is 5.04. The highest BCUT2D eigenvalue weighted by molar-refractivity contribution is 6.30. The summed E-state index contributed by atoms with van der Waals surface area (Å²) in [4.78, 5) is 2.07. The van der Waals surface area contributed by atoms with Gasteiger partial charge < -0.3 is 9.64 Å². The van der Waals surface area contributed by atoms with E-state index >= 15 is 0 Å². The molecule has 1 unspecified atom stereocenters. The molecule has 16 heavy (non-hydrogen) atoms. The predicted octanol–water partition coefficient (Wildman–Crippen LogP) is 3.47. The molecule has 1 rings (SSSR count). The van der Waals surface area contributed by atoms with Crippen molar-refractivity contribution >= 4 is 11.6 Å². The zero-order chi connectivity index (χ0) is 12.0. The van der Waals surface area contributed by atoms with Gasteiger partial charge in [-0.3, -0.25) is 0 Å². The van der Waals surface area contributed by atoms with Gasteiger partial charge in [0, 0.05) is 17.5 Å². The molecule has 0 aromatic heterocycles. The van der Waals surface area contributed by atoms with Crippen LogP contribution in [0.2, 0.25) is 5.02 Å². The maximum absolute atomic E-state index is 5.80. The van der Waals surface area contributed by atoms with Crippen LogP contribution in [0.1, 0.15) is 13.3 Å². The van der Waals surface area contributed by atoms with E-state index in [0.717, 1.165) is 17.2 Å². The zero-order valence-corrected chi connectivity index (χ0v) is 10.9. The van der Waals surface area contributed by atoms with E-state index in [0.29, 0.717) is 12.5 Å². The van der Waals surface area contributed by atoms with Crippen molar-refractivity contribution in [3.63, 3.8) is 0 Å². The maximum Gasteiger partial charge on any atom is 0.119 e. The van der Waals surface area contributed by atoms with Gasteiger partial charge in [-0.05, 0) is 44.8 Å². The Bertz CT molecular complexity index is 297. The Morgan fingerprint density at radius 1 is 1.31 bits per heavy atom. The van der Waals surface area contributed by atoms with Crippen molar-refractivity contribution in [3.05, 3.63) is 35.8 Å². The van der Waals surface area contributed by atoms with E-state index in [1.54, 1.807) is 0 Å². The summed E-state index contributed by atoms with van der Waals surface area (Å²) in [7, 11) is 4.07. The van der Waals surface area contributed by atoms with Gasteiger partial charge in [0.05, 0.1) is 6.61 Å². The summed E-state index contributed by atoms with van der Waals surface area (Å²) in [6.07, 6.45) is 1.08. The molecule has 89 valence electrons. The Balaban J connectivity index is 2.40. The second-order valence-electron chi connectivity index (χ2n) is 4.05. The van der Waals surface area contributed by atoms with Crippen LogP contribution in [0.15, 0.2) is 24.3 Å². The molecule has 0 aliphatic rings. The molecular weight excluding hydrogens is 222 g/mol. The fourth-order valence-electron chi connectivity index (χ4n) is 1.42. The van der Waals surface area contributed by atoms with Crippen molar-refractivity contribution in [3.8, 4) is 5.75 Å². The number of benzene rings is 1. The van der Waals surface area contributed by atoms with E-state index in [4.69, 9.17) is 16.3 Å². The predicted molar refractivity (Wildman–Crippen MR) is 68.7 cm³/mol. The molecular formula is C13H19ClNO. The van der Waals surface area contributed by atoms with Gasteiger partial charge in [-0.1, -0.05) is 18.5 Å². The van der Waals surface area contributed by atoms with Crippen LogP contribution in [-0.4, -0.2) is 25.6 Å². The fourth-order valence-corrected chi connectivity index (χ4v) is 1.55. The van der Waals surface area contributed by atoms with Crippen molar-refractivity contribution < 1.29 is 4.74 Å². The molecule has 1 atom stereocenters. The van der Waals surface area contributed by atoms with Crippen molar-refractivity contribution in [2.75, 3.05) is 20.7 Å². The lowest BCUT2D eigenvalue weighted by Gasteiger charge is -2.19. The van der Waals surface area contributed by atoms with E-state index in [-0.39, 0.29) is 0 Å². The van der Waals surface area contributed by atoms with Crippen molar-refractivity contribution in [2.45, 2.75) is 13.3 Å². The lowest BCUT2D eigenvalue weighted by Crippen LogP contribution is -2.20. The molecule has 0 aliphatic heterocycles. The first-order valence-corrected chi connectivity index (χ1v) is 5.89. The Kier molecular flexibility index (Phi) is 5.64. The van der Waals surface area contributed by atoms with E-state index in [2.05, 4.69) is 18.4 Å². The van der Waals surface area contributed by atoms with Crippen LogP contribution >= 0.6 is 11.6 Å². The number of rotatable bonds is 6. The van der Waals surface area contributed by atoms with Crippen molar-refractivity contribution in [1.29, 1.82) is 0 Å². The highest BCUT2D eigenvalue weighted by Gasteiger charge is 2.09. The zero-order valence-electron chi connectivity index (χ0n) is 10.1. The lowest BCUT2D eigenvalue weighted by molar-refractivity contribution is 0.238. The molecule has 1 radical (unpaired) electrons. The molecule has 1 aromatic carbocycles. The van der Waals surface area contributed by atoms with Crippen LogP contribution in [0, 0.1) is 12.5 Å². The Morgan fingerprint density at radius 2 is 1.94 bits per heavy atom. The second-order valence-corrected chi connectivity index (χ2v) is 4.48. The molecule has 0 amide bonds. The van der Waals surface area contributed by atoms with Gasteiger partial charge in [-0.15, -0.1) is 0 Å². The van der Waals surface area contributed by atoms with Gasteiger partial charge in [-0.2, -0.15) is 0 Å². The molecule has 0 N–H and O–H groups in total. The molecule has 0 spiro atoms. The van der Waals surface area contributed by atoms with Gasteiger partial charge >= 0.3 is 0 Å². The number of hydrogen-bond donors (Lipinski definition) is 0. The molecule has 0 aliphatic carbocycles. The largest absolute Gasteiger partial charge is 0.493 e. The first-order valence-electron chi connectivity index (χ1n) is 5.51. The smallest absolute Gasteiger partial charge is 0.119 e. The Morgan fingerprint density at radius 3 is 2.44 bits per heavy atom. The third kappa shape index (κ3) is 4.86. The number of nitrogens with zero attached hydrogens (tertiary/aromatic N) is 1. The van der Waals surface area contributed by atoms with Gasteiger partial charge in [-0.25, -0.2) is 0 Å².